The number of fused-ring (bicyclic) bond motifs is 1. The van der Waals surface area contributed by atoms with Crippen LogP contribution in [0.15, 0.2) is 35.1 Å². The molecule has 2 atom stereocenters. The summed E-state index contributed by atoms with van der Waals surface area (Å²) in [5.41, 5.74) is -0.604. The van der Waals surface area contributed by atoms with Crippen LogP contribution in [-0.4, -0.2) is 51.5 Å². The number of benzene rings is 1. The van der Waals surface area contributed by atoms with Crippen LogP contribution in [0.2, 0.25) is 0 Å². The van der Waals surface area contributed by atoms with E-state index in [9.17, 15) is 19.1 Å². The number of aromatic nitrogens is 2. The first kappa shape index (κ1) is 20.5. The molecule has 2 aliphatic rings. The lowest BCUT2D eigenvalue weighted by Gasteiger charge is -2.47. The number of likely N-dealkylation sites (tertiary alicyclic amines) is 1. The van der Waals surface area contributed by atoms with Crippen molar-refractivity contribution in [3.63, 3.8) is 0 Å². The molecule has 1 N–H and O–H groups in total. The van der Waals surface area contributed by atoms with Crippen molar-refractivity contribution in [1.29, 1.82) is 0 Å². The summed E-state index contributed by atoms with van der Waals surface area (Å²) in [5.74, 6) is -0.281. The highest BCUT2D eigenvalue weighted by Crippen LogP contribution is 2.39. The fraction of sp³-hybridized carbons (Fsp3) is 0.500. The van der Waals surface area contributed by atoms with E-state index in [1.54, 1.807) is 11.0 Å². The Kier molecular flexibility index (Phi) is 5.60. The number of ether oxygens (including phenoxy) is 1. The lowest BCUT2D eigenvalue weighted by atomic mass is 9.71. The Morgan fingerprint density at radius 1 is 1.30 bits per heavy atom. The molecule has 2 fully saturated rings. The molecule has 1 aromatic carbocycles. The normalized spacial score (nSPS) is 23.7. The van der Waals surface area contributed by atoms with Crippen LogP contribution in [-0.2, 0) is 11.3 Å². The summed E-state index contributed by atoms with van der Waals surface area (Å²) in [5, 5.41) is 15.0. The van der Waals surface area contributed by atoms with Gasteiger partial charge in [-0.25, -0.2) is 9.07 Å². The molecule has 2 aromatic rings. The van der Waals surface area contributed by atoms with E-state index in [1.165, 1.54) is 31.4 Å². The average Bonchev–Trinajstić information content (AvgIpc) is 2.74. The van der Waals surface area contributed by atoms with Crippen molar-refractivity contribution in [3.05, 3.63) is 46.5 Å². The van der Waals surface area contributed by atoms with E-state index in [2.05, 4.69) is 5.10 Å². The van der Waals surface area contributed by atoms with Crippen LogP contribution >= 0.6 is 0 Å². The van der Waals surface area contributed by atoms with E-state index in [-0.39, 0.29) is 29.6 Å². The van der Waals surface area contributed by atoms with E-state index >= 15 is 0 Å². The third-order valence-electron chi connectivity index (χ3n) is 6.38. The molecule has 1 aliphatic carbocycles. The maximum absolute atomic E-state index is 14.4. The van der Waals surface area contributed by atoms with Gasteiger partial charge < -0.3 is 14.7 Å². The maximum atomic E-state index is 14.4. The standard InChI is InChI=1S/C22H26FN3O4/c1-30-16-5-6-17(18(23)12-16)19-7-8-20(27)26(24-19)14-21(28)25-11-10-22(29)9-3-2-4-15(22)13-25/h5-8,12,15,29H,2-4,9-11,13-14H2,1H3/t15-,22-/m0/s1. The number of hydrogen-bond donors (Lipinski definition) is 1. The number of nitrogens with zero attached hydrogens (tertiary/aromatic N) is 3. The minimum Gasteiger partial charge on any atom is -0.497 e. The molecule has 4 rings (SSSR count). The zero-order valence-electron chi connectivity index (χ0n) is 17.0. The molecule has 1 aromatic heterocycles. The quantitative estimate of drug-likeness (QED) is 0.828. The Bertz CT molecular complexity index is 1010. The Hall–Kier alpha value is -2.74. The molecule has 8 heteroatoms. The first-order chi connectivity index (χ1) is 14.4. The second kappa shape index (κ2) is 8.18. The molecule has 2 heterocycles. The first-order valence-electron chi connectivity index (χ1n) is 10.3. The second-order valence-corrected chi connectivity index (χ2v) is 8.20. The number of aliphatic hydroxyl groups is 1. The molecule has 1 aliphatic heterocycles. The first-order valence-corrected chi connectivity index (χ1v) is 10.3. The van der Waals surface area contributed by atoms with Crippen LogP contribution in [0.4, 0.5) is 4.39 Å². The Labute approximate surface area is 174 Å². The molecule has 0 radical (unpaired) electrons. The number of halogens is 1. The largest absolute Gasteiger partial charge is 0.497 e. The molecule has 0 spiro atoms. The molecule has 1 saturated carbocycles. The summed E-state index contributed by atoms with van der Waals surface area (Å²) in [7, 11) is 1.45. The summed E-state index contributed by atoms with van der Waals surface area (Å²) in [6.45, 7) is 0.750. The highest BCUT2D eigenvalue weighted by Gasteiger charge is 2.43. The maximum Gasteiger partial charge on any atom is 0.267 e. The molecule has 7 nitrogen and oxygen atoms in total. The SMILES string of the molecule is COc1ccc(-c2ccc(=O)n(CC(=O)N3CC[C@@]4(O)CCCC[C@H]4C3)n2)c(F)c1. The number of hydrogen-bond acceptors (Lipinski definition) is 5. The van der Waals surface area contributed by atoms with Crippen LogP contribution in [0.5, 0.6) is 5.75 Å². The van der Waals surface area contributed by atoms with Crippen LogP contribution < -0.4 is 10.3 Å². The number of rotatable bonds is 4. The number of carbonyl (C=O) groups is 1. The lowest BCUT2D eigenvalue weighted by molar-refractivity contribution is -0.144. The van der Waals surface area contributed by atoms with Gasteiger partial charge in [-0.3, -0.25) is 9.59 Å². The molecule has 30 heavy (non-hydrogen) atoms. The minimum absolute atomic E-state index is 0.0772. The van der Waals surface area contributed by atoms with Crippen molar-refractivity contribution in [2.24, 2.45) is 5.92 Å². The number of carbonyl (C=O) groups excluding carboxylic acids is 1. The zero-order chi connectivity index (χ0) is 21.3. The molecule has 1 saturated heterocycles. The number of amides is 1. The Morgan fingerprint density at radius 3 is 2.90 bits per heavy atom. The third-order valence-corrected chi connectivity index (χ3v) is 6.38. The molecule has 0 unspecified atom stereocenters. The molecule has 160 valence electrons. The van der Waals surface area contributed by atoms with Crippen LogP contribution in [0.25, 0.3) is 11.3 Å². The van der Waals surface area contributed by atoms with E-state index in [0.29, 0.717) is 25.3 Å². The summed E-state index contributed by atoms with van der Waals surface area (Å²) in [4.78, 5) is 26.8. The second-order valence-electron chi connectivity index (χ2n) is 8.20. The predicted octanol–water partition coefficient (Wildman–Crippen LogP) is 2.21. The number of methoxy groups -OCH3 is 1. The van der Waals surface area contributed by atoms with Gasteiger partial charge in [-0.15, -0.1) is 0 Å². The molecular formula is C22H26FN3O4. The van der Waals surface area contributed by atoms with Gasteiger partial charge in [0.15, 0.2) is 0 Å². The molecule has 0 bridgehead atoms. The van der Waals surface area contributed by atoms with E-state index in [0.717, 1.165) is 30.4 Å². The van der Waals surface area contributed by atoms with Crippen molar-refractivity contribution >= 4 is 5.91 Å². The van der Waals surface area contributed by atoms with Gasteiger partial charge in [0, 0.05) is 36.7 Å². The minimum atomic E-state index is -0.671. The van der Waals surface area contributed by atoms with Gasteiger partial charge in [0.25, 0.3) is 5.56 Å². The highest BCUT2D eigenvalue weighted by molar-refractivity contribution is 5.76. The van der Waals surface area contributed by atoms with Crippen molar-refractivity contribution in [2.45, 2.75) is 44.2 Å². The predicted molar refractivity (Wildman–Crippen MR) is 109 cm³/mol. The van der Waals surface area contributed by atoms with Gasteiger partial charge in [0.2, 0.25) is 5.91 Å². The van der Waals surface area contributed by atoms with Crippen LogP contribution in [0.3, 0.4) is 0 Å². The summed E-state index contributed by atoms with van der Waals surface area (Å²) >= 11 is 0. The monoisotopic (exact) mass is 415 g/mol. The Balaban J connectivity index is 1.51. The smallest absolute Gasteiger partial charge is 0.267 e. The van der Waals surface area contributed by atoms with Gasteiger partial charge in [0.05, 0.1) is 18.4 Å². The van der Waals surface area contributed by atoms with E-state index < -0.39 is 17.0 Å². The van der Waals surface area contributed by atoms with Gasteiger partial charge in [-0.1, -0.05) is 12.8 Å². The summed E-state index contributed by atoms with van der Waals surface area (Å²) in [6.07, 6.45) is 4.34. The van der Waals surface area contributed by atoms with Crippen molar-refractivity contribution in [3.8, 4) is 17.0 Å². The topological polar surface area (TPSA) is 84.7 Å². The van der Waals surface area contributed by atoms with Crippen molar-refractivity contribution < 1.29 is 19.0 Å². The Morgan fingerprint density at radius 2 is 2.13 bits per heavy atom. The average molecular weight is 415 g/mol. The van der Waals surface area contributed by atoms with Crippen LogP contribution in [0.1, 0.15) is 32.1 Å². The van der Waals surface area contributed by atoms with E-state index in [1.807, 2.05) is 0 Å². The zero-order valence-corrected chi connectivity index (χ0v) is 17.0. The highest BCUT2D eigenvalue weighted by atomic mass is 19.1. The van der Waals surface area contributed by atoms with Gasteiger partial charge in [-0.05, 0) is 37.5 Å². The van der Waals surface area contributed by atoms with Gasteiger partial charge >= 0.3 is 0 Å². The third kappa shape index (κ3) is 3.96. The molecular weight excluding hydrogens is 389 g/mol. The van der Waals surface area contributed by atoms with Crippen molar-refractivity contribution in [1.82, 2.24) is 14.7 Å². The summed E-state index contributed by atoms with van der Waals surface area (Å²) < 4.78 is 20.5. The number of piperidine rings is 1. The van der Waals surface area contributed by atoms with Crippen molar-refractivity contribution in [2.75, 3.05) is 20.2 Å². The van der Waals surface area contributed by atoms with Gasteiger partial charge in [-0.2, -0.15) is 5.10 Å². The summed E-state index contributed by atoms with van der Waals surface area (Å²) in [6, 6.07) is 7.12. The fourth-order valence-corrected chi connectivity index (χ4v) is 4.56. The van der Waals surface area contributed by atoms with Gasteiger partial charge in [0.1, 0.15) is 18.1 Å². The van der Waals surface area contributed by atoms with E-state index in [4.69, 9.17) is 4.74 Å². The van der Waals surface area contributed by atoms with Crippen LogP contribution in [0, 0.1) is 11.7 Å². The molecule has 1 amide bonds. The fourth-order valence-electron chi connectivity index (χ4n) is 4.56. The lowest BCUT2D eigenvalue weighted by Crippen LogP contribution is -2.55.